The van der Waals surface area contributed by atoms with Crippen molar-refractivity contribution in [1.82, 2.24) is 24.9 Å². The molecule has 0 spiro atoms. The van der Waals surface area contributed by atoms with Crippen LogP contribution in [0.3, 0.4) is 0 Å². The Morgan fingerprint density at radius 2 is 1.97 bits per heavy atom. The number of fused-ring (bicyclic) bond motifs is 1. The molecular weight excluding hydrogens is 390 g/mol. The number of hydrogen-bond acceptors (Lipinski definition) is 4. The second-order valence-electron chi connectivity index (χ2n) is 8.60. The molecule has 1 aromatic carbocycles. The molecular formula is C24H33N5O2. The highest BCUT2D eigenvalue weighted by Crippen LogP contribution is 2.26. The van der Waals surface area contributed by atoms with Crippen molar-refractivity contribution in [2.75, 3.05) is 26.2 Å². The predicted molar refractivity (Wildman–Crippen MR) is 120 cm³/mol. The van der Waals surface area contributed by atoms with Gasteiger partial charge in [-0.1, -0.05) is 37.3 Å². The minimum atomic E-state index is -0.0442. The summed E-state index contributed by atoms with van der Waals surface area (Å²) >= 11 is 0. The molecule has 7 heteroatoms. The third-order valence-electron chi connectivity index (χ3n) is 6.64. The van der Waals surface area contributed by atoms with Crippen LogP contribution in [0.15, 0.2) is 30.3 Å². The molecule has 1 aromatic heterocycles. The zero-order valence-electron chi connectivity index (χ0n) is 18.6. The van der Waals surface area contributed by atoms with Crippen LogP contribution >= 0.6 is 0 Å². The molecule has 0 aliphatic carbocycles. The van der Waals surface area contributed by atoms with E-state index in [1.54, 1.807) is 4.90 Å². The van der Waals surface area contributed by atoms with Crippen LogP contribution in [0.4, 0.5) is 0 Å². The van der Waals surface area contributed by atoms with Gasteiger partial charge in [-0.15, -0.1) is 0 Å². The first-order valence-corrected chi connectivity index (χ1v) is 11.5. The number of rotatable bonds is 6. The van der Waals surface area contributed by atoms with Gasteiger partial charge in [0.15, 0.2) is 5.69 Å². The van der Waals surface area contributed by atoms with Crippen molar-refractivity contribution < 1.29 is 9.59 Å². The maximum Gasteiger partial charge on any atom is 0.274 e. The summed E-state index contributed by atoms with van der Waals surface area (Å²) in [6, 6.07) is 10.9. The van der Waals surface area contributed by atoms with Gasteiger partial charge in [0.2, 0.25) is 5.91 Å². The fraction of sp³-hybridized carbons (Fsp3) is 0.542. The summed E-state index contributed by atoms with van der Waals surface area (Å²) in [6.07, 6.45) is 3.23. The van der Waals surface area contributed by atoms with E-state index in [0.29, 0.717) is 37.8 Å². The topological polar surface area (TPSA) is 70.5 Å². The predicted octanol–water partition coefficient (Wildman–Crippen LogP) is 2.24. The Bertz CT molecular complexity index is 924. The lowest BCUT2D eigenvalue weighted by Crippen LogP contribution is -2.39. The lowest BCUT2D eigenvalue weighted by Gasteiger charge is -2.32. The highest BCUT2D eigenvalue weighted by molar-refractivity contribution is 5.94. The molecule has 1 N–H and O–H groups in total. The Kier molecular flexibility index (Phi) is 6.70. The first kappa shape index (κ1) is 21.6. The van der Waals surface area contributed by atoms with E-state index in [1.807, 2.05) is 6.07 Å². The van der Waals surface area contributed by atoms with Crippen LogP contribution in [0.1, 0.15) is 54.0 Å². The fourth-order valence-corrected chi connectivity index (χ4v) is 4.50. The summed E-state index contributed by atoms with van der Waals surface area (Å²) in [5.41, 5.74) is 4.12. The molecule has 3 heterocycles. The maximum absolute atomic E-state index is 13.5. The Morgan fingerprint density at radius 1 is 1.16 bits per heavy atom. The van der Waals surface area contributed by atoms with Gasteiger partial charge in [0.05, 0.1) is 0 Å². The van der Waals surface area contributed by atoms with Gasteiger partial charge in [0.1, 0.15) is 0 Å². The highest BCUT2D eigenvalue weighted by Gasteiger charge is 2.32. The standard InChI is InChI=1S/C24H33N5O2/c1-3-18(2)28-13-10-21-20(17-28)23(24(31)27-14-11-22(30)25-12-16-27)26-29(21)15-9-19-7-5-4-6-8-19/h4-8,18H,3,9-17H2,1-2H3,(H,25,30). The molecule has 2 amide bonds. The van der Waals surface area contributed by atoms with Gasteiger partial charge in [-0.25, -0.2) is 0 Å². The molecule has 166 valence electrons. The van der Waals surface area contributed by atoms with E-state index in [0.717, 1.165) is 44.5 Å². The first-order chi connectivity index (χ1) is 15.1. The number of carbonyl (C=O) groups excluding carboxylic acids is 2. The number of amides is 2. The zero-order valence-corrected chi connectivity index (χ0v) is 18.6. The molecule has 2 aromatic rings. The molecule has 4 rings (SSSR count). The van der Waals surface area contributed by atoms with E-state index in [9.17, 15) is 9.59 Å². The van der Waals surface area contributed by atoms with Crippen molar-refractivity contribution in [3.63, 3.8) is 0 Å². The van der Waals surface area contributed by atoms with Crippen molar-refractivity contribution >= 4 is 11.8 Å². The number of carbonyl (C=O) groups is 2. The van der Waals surface area contributed by atoms with Gasteiger partial charge in [-0.2, -0.15) is 5.10 Å². The maximum atomic E-state index is 13.5. The second-order valence-corrected chi connectivity index (χ2v) is 8.60. The van der Waals surface area contributed by atoms with Gasteiger partial charge in [-0.05, 0) is 25.3 Å². The van der Waals surface area contributed by atoms with Gasteiger partial charge in [0.25, 0.3) is 5.91 Å². The lowest BCUT2D eigenvalue weighted by atomic mass is 10.0. The van der Waals surface area contributed by atoms with Crippen molar-refractivity contribution in [3.05, 3.63) is 52.8 Å². The van der Waals surface area contributed by atoms with Crippen LogP contribution in [0.5, 0.6) is 0 Å². The van der Waals surface area contributed by atoms with Crippen LogP contribution in [0.2, 0.25) is 0 Å². The first-order valence-electron chi connectivity index (χ1n) is 11.5. The quantitative estimate of drug-likeness (QED) is 0.774. The normalized spacial score (nSPS) is 18.3. The number of aromatic nitrogens is 2. The van der Waals surface area contributed by atoms with E-state index in [-0.39, 0.29) is 11.8 Å². The van der Waals surface area contributed by atoms with Gasteiger partial charge in [-0.3, -0.25) is 19.2 Å². The molecule has 0 bridgehead atoms. The molecule has 1 atom stereocenters. The minimum Gasteiger partial charge on any atom is -0.354 e. The molecule has 2 aliphatic rings. The smallest absolute Gasteiger partial charge is 0.274 e. The van der Waals surface area contributed by atoms with Crippen molar-refractivity contribution in [1.29, 1.82) is 0 Å². The van der Waals surface area contributed by atoms with E-state index in [1.165, 1.54) is 11.3 Å². The van der Waals surface area contributed by atoms with Crippen LogP contribution < -0.4 is 5.32 Å². The van der Waals surface area contributed by atoms with Crippen molar-refractivity contribution in [3.8, 4) is 0 Å². The van der Waals surface area contributed by atoms with E-state index in [2.05, 4.69) is 53.0 Å². The number of aryl methyl sites for hydroxylation is 2. The molecule has 1 unspecified atom stereocenters. The van der Waals surface area contributed by atoms with Crippen LogP contribution in [-0.2, 0) is 30.7 Å². The largest absolute Gasteiger partial charge is 0.354 e. The SMILES string of the molecule is CCC(C)N1CCc2c(c(C(=O)N3CCNC(=O)CC3)nn2CCc2ccccc2)C1. The third kappa shape index (κ3) is 4.82. The fourth-order valence-electron chi connectivity index (χ4n) is 4.50. The molecule has 1 fully saturated rings. The average Bonchev–Trinajstić information content (AvgIpc) is 3.02. The Balaban J connectivity index is 1.61. The van der Waals surface area contributed by atoms with E-state index < -0.39 is 0 Å². The summed E-state index contributed by atoms with van der Waals surface area (Å²) in [6.45, 7) is 8.46. The minimum absolute atomic E-state index is 0.00802. The van der Waals surface area contributed by atoms with E-state index in [4.69, 9.17) is 5.10 Å². The van der Waals surface area contributed by atoms with E-state index >= 15 is 0 Å². The van der Waals surface area contributed by atoms with Gasteiger partial charge in [0, 0.05) is 69.4 Å². The summed E-state index contributed by atoms with van der Waals surface area (Å²) < 4.78 is 2.06. The van der Waals surface area contributed by atoms with Crippen molar-refractivity contribution in [2.24, 2.45) is 0 Å². The number of hydrogen-bond donors (Lipinski definition) is 1. The molecule has 2 aliphatic heterocycles. The van der Waals surface area contributed by atoms with Gasteiger partial charge >= 0.3 is 0 Å². The molecule has 31 heavy (non-hydrogen) atoms. The van der Waals surface area contributed by atoms with Crippen molar-refractivity contribution in [2.45, 2.75) is 58.7 Å². The Labute approximate surface area is 184 Å². The monoisotopic (exact) mass is 423 g/mol. The Morgan fingerprint density at radius 3 is 2.74 bits per heavy atom. The molecule has 0 radical (unpaired) electrons. The lowest BCUT2D eigenvalue weighted by molar-refractivity contribution is -0.120. The molecule has 1 saturated heterocycles. The second kappa shape index (κ2) is 9.64. The number of nitrogens with one attached hydrogen (secondary N) is 1. The summed E-state index contributed by atoms with van der Waals surface area (Å²) in [5, 5.41) is 7.69. The zero-order chi connectivity index (χ0) is 21.8. The summed E-state index contributed by atoms with van der Waals surface area (Å²) in [4.78, 5) is 29.4. The number of nitrogens with zero attached hydrogens (tertiary/aromatic N) is 4. The van der Waals surface area contributed by atoms with Crippen LogP contribution in [0, 0.1) is 0 Å². The summed E-state index contributed by atoms with van der Waals surface area (Å²) in [5.74, 6) is -0.0362. The molecule has 0 saturated carbocycles. The highest BCUT2D eigenvalue weighted by atomic mass is 16.2. The van der Waals surface area contributed by atoms with Gasteiger partial charge < -0.3 is 10.2 Å². The molecule has 7 nitrogen and oxygen atoms in total. The third-order valence-corrected chi connectivity index (χ3v) is 6.64. The summed E-state index contributed by atoms with van der Waals surface area (Å²) in [7, 11) is 0. The van der Waals surface area contributed by atoms with Crippen LogP contribution in [-0.4, -0.2) is 63.6 Å². The Hall–Kier alpha value is -2.67. The number of benzene rings is 1. The average molecular weight is 424 g/mol. The van der Waals surface area contributed by atoms with Crippen LogP contribution in [0.25, 0.3) is 0 Å².